The number of thiazole rings is 1. The molecule has 1 aromatic carbocycles. The van der Waals surface area contributed by atoms with Crippen LogP contribution < -0.4 is 5.32 Å². The van der Waals surface area contributed by atoms with E-state index in [1.54, 1.807) is 11.3 Å². The van der Waals surface area contributed by atoms with Gasteiger partial charge in [-0.1, -0.05) is 17.7 Å². The Morgan fingerprint density at radius 3 is 2.90 bits per heavy atom. The average Bonchev–Trinajstić information content (AvgIpc) is 3.34. The molecule has 4 rings (SSSR count). The smallest absolute Gasteiger partial charge is 0.264 e. The molecule has 0 aliphatic carbocycles. The summed E-state index contributed by atoms with van der Waals surface area (Å²) < 4.78 is 5.39. The van der Waals surface area contributed by atoms with Crippen molar-refractivity contribution in [2.75, 3.05) is 32.8 Å². The number of benzene rings is 1. The van der Waals surface area contributed by atoms with Crippen LogP contribution in [-0.4, -0.2) is 53.8 Å². The Bertz CT molecular complexity index is 993. The normalized spacial score (nSPS) is 20.0. The molecular formula is C23H28N4O2S2. The molecule has 0 saturated carbocycles. The molecule has 1 aromatic heterocycles. The molecule has 2 fully saturated rings. The number of nitrogens with one attached hydrogen (secondary N) is 1. The molecule has 31 heavy (non-hydrogen) atoms. The number of hydrogen-bond donors (Lipinski definition) is 1. The number of aryl methyl sites for hydroxylation is 3. The Labute approximate surface area is 191 Å². The van der Waals surface area contributed by atoms with Crippen LogP contribution in [0.3, 0.4) is 0 Å². The minimum absolute atomic E-state index is 0.103. The number of rotatable bonds is 7. The second-order valence-electron chi connectivity index (χ2n) is 7.84. The summed E-state index contributed by atoms with van der Waals surface area (Å²) in [6, 6.07) is 6.11. The number of aliphatic imine (C=N–C) groups is 1. The highest BCUT2D eigenvalue weighted by Crippen LogP contribution is 2.30. The van der Waals surface area contributed by atoms with Crippen LogP contribution in [0.25, 0.3) is 6.08 Å². The van der Waals surface area contributed by atoms with Crippen molar-refractivity contribution in [3.8, 4) is 0 Å². The molecule has 2 aliphatic heterocycles. The standard InChI is InChI=1S/C23H28N4O2S2/c1-16-6-7-19(17(2)13-16)25-23-26-22(28)20(31-23)14-18-15-24-21(30-18)5-3-4-8-27-9-11-29-12-10-27/h6-7,13-15H,3-5,8-12H2,1-2H3,(H,25,26,28)/b20-14-. The van der Waals surface area contributed by atoms with Crippen LogP contribution in [0.5, 0.6) is 0 Å². The number of carbonyl (C=O) groups is 1. The van der Waals surface area contributed by atoms with Crippen molar-refractivity contribution in [1.82, 2.24) is 15.2 Å². The zero-order valence-corrected chi connectivity index (χ0v) is 19.7. The van der Waals surface area contributed by atoms with Crippen molar-refractivity contribution in [2.24, 2.45) is 4.99 Å². The largest absolute Gasteiger partial charge is 0.379 e. The lowest BCUT2D eigenvalue weighted by Gasteiger charge is -2.26. The van der Waals surface area contributed by atoms with E-state index in [0.29, 0.717) is 10.1 Å². The quantitative estimate of drug-likeness (QED) is 0.497. The molecule has 1 N–H and O–H groups in total. The Morgan fingerprint density at radius 1 is 1.26 bits per heavy atom. The molecule has 0 radical (unpaired) electrons. The summed E-state index contributed by atoms with van der Waals surface area (Å²) in [6.07, 6.45) is 7.06. The summed E-state index contributed by atoms with van der Waals surface area (Å²) in [7, 11) is 0. The van der Waals surface area contributed by atoms with Gasteiger partial charge in [0.05, 0.1) is 28.8 Å². The number of ether oxygens (including phenoxy) is 1. The van der Waals surface area contributed by atoms with E-state index < -0.39 is 0 Å². The van der Waals surface area contributed by atoms with Gasteiger partial charge in [0.2, 0.25) is 0 Å². The fourth-order valence-electron chi connectivity index (χ4n) is 3.59. The van der Waals surface area contributed by atoms with E-state index in [-0.39, 0.29) is 5.91 Å². The molecule has 8 heteroatoms. The van der Waals surface area contributed by atoms with E-state index in [4.69, 9.17) is 4.74 Å². The summed E-state index contributed by atoms with van der Waals surface area (Å²) in [5, 5.41) is 4.62. The lowest BCUT2D eigenvalue weighted by atomic mass is 10.1. The van der Waals surface area contributed by atoms with Crippen molar-refractivity contribution < 1.29 is 9.53 Å². The van der Waals surface area contributed by atoms with Crippen molar-refractivity contribution in [1.29, 1.82) is 0 Å². The van der Waals surface area contributed by atoms with Gasteiger partial charge in [-0.3, -0.25) is 9.69 Å². The predicted molar refractivity (Wildman–Crippen MR) is 129 cm³/mol. The molecule has 1 amide bonds. The maximum atomic E-state index is 12.4. The monoisotopic (exact) mass is 456 g/mol. The molecule has 2 saturated heterocycles. The van der Waals surface area contributed by atoms with Gasteiger partial charge in [0, 0.05) is 24.2 Å². The van der Waals surface area contributed by atoms with Gasteiger partial charge in [0.15, 0.2) is 5.17 Å². The first-order valence-corrected chi connectivity index (χ1v) is 12.3. The fraction of sp³-hybridized carbons (Fsp3) is 0.435. The second-order valence-corrected chi connectivity index (χ2v) is 10.0. The summed E-state index contributed by atoms with van der Waals surface area (Å²) >= 11 is 3.04. The highest BCUT2D eigenvalue weighted by molar-refractivity contribution is 8.18. The van der Waals surface area contributed by atoms with Crippen molar-refractivity contribution in [3.63, 3.8) is 0 Å². The number of amides is 1. The molecular weight excluding hydrogens is 428 g/mol. The van der Waals surface area contributed by atoms with Crippen molar-refractivity contribution in [2.45, 2.75) is 33.1 Å². The molecule has 6 nitrogen and oxygen atoms in total. The predicted octanol–water partition coefficient (Wildman–Crippen LogP) is 4.31. The number of unbranched alkanes of at least 4 members (excludes halogenated alkanes) is 1. The van der Waals surface area contributed by atoms with Crippen LogP contribution in [0.4, 0.5) is 5.69 Å². The van der Waals surface area contributed by atoms with Crippen LogP contribution in [-0.2, 0) is 16.0 Å². The number of amidine groups is 1. The lowest BCUT2D eigenvalue weighted by Crippen LogP contribution is -2.36. The van der Waals surface area contributed by atoms with E-state index in [2.05, 4.69) is 33.2 Å². The summed E-state index contributed by atoms with van der Waals surface area (Å²) in [5.41, 5.74) is 3.18. The van der Waals surface area contributed by atoms with Crippen LogP contribution >= 0.6 is 23.1 Å². The first kappa shape index (κ1) is 22.2. The van der Waals surface area contributed by atoms with Crippen LogP contribution in [0.1, 0.15) is 33.9 Å². The number of carbonyl (C=O) groups excluding carboxylic acids is 1. The third-order valence-electron chi connectivity index (χ3n) is 5.29. The first-order chi connectivity index (χ1) is 15.1. The number of thioether (sulfide) groups is 1. The molecule has 0 spiro atoms. The van der Waals surface area contributed by atoms with Gasteiger partial charge in [0.25, 0.3) is 5.91 Å². The maximum absolute atomic E-state index is 12.4. The number of aromatic nitrogens is 1. The van der Waals surface area contributed by atoms with E-state index >= 15 is 0 Å². The first-order valence-electron chi connectivity index (χ1n) is 10.7. The Balaban J connectivity index is 1.31. The SMILES string of the molecule is Cc1ccc(N=C2NC(=O)/C(=C/c3cnc(CCCCN4CCOCC4)s3)S2)c(C)c1. The van der Waals surface area contributed by atoms with E-state index in [0.717, 1.165) is 66.8 Å². The zero-order chi connectivity index (χ0) is 21.6. The molecule has 0 bridgehead atoms. The summed E-state index contributed by atoms with van der Waals surface area (Å²) in [4.78, 5) is 25.7. The molecule has 164 valence electrons. The fourth-order valence-corrected chi connectivity index (χ4v) is 5.40. The molecule has 0 atom stereocenters. The molecule has 0 unspecified atom stereocenters. The topological polar surface area (TPSA) is 66.8 Å². The lowest BCUT2D eigenvalue weighted by molar-refractivity contribution is -0.115. The van der Waals surface area contributed by atoms with Gasteiger partial charge in [0.1, 0.15) is 0 Å². The van der Waals surface area contributed by atoms with Gasteiger partial charge in [-0.2, -0.15) is 0 Å². The van der Waals surface area contributed by atoms with E-state index in [1.807, 2.05) is 31.3 Å². The number of hydrogen-bond acceptors (Lipinski definition) is 7. The number of morpholine rings is 1. The van der Waals surface area contributed by atoms with Crippen LogP contribution in [0, 0.1) is 13.8 Å². The van der Waals surface area contributed by atoms with Gasteiger partial charge < -0.3 is 10.1 Å². The Kier molecular flexibility index (Phi) is 7.55. The molecule has 3 heterocycles. The third-order valence-corrected chi connectivity index (χ3v) is 7.20. The average molecular weight is 457 g/mol. The highest BCUT2D eigenvalue weighted by atomic mass is 32.2. The summed E-state index contributed by atoms with van der Waals surface area (Å²) in [5.74, 6) is -0.103. The van der Waals surface area contributed by atoms with Crippen molar-refractivity contribution >= 4 is 45.9 Å². The Morgan fingerprint density at radius 2 is 2.10 bits per heavy atom. The Hall–Kier alpha value is -2.00. The zero-order valence-electron chi connectivity index (χ0n) is 18.0. The van der Waals surface area contributed by atoms with E-state index in [1.165, 1.54) is 23.7 Å². The third kappa shape index (κ3) is 6.26. The van der Waals surface area contributed by atoms with Crippen LogP contribution in [0.2, 0.25) is 0 Å². The maximum Gasteiger partial charge on any atom is 0.264 e. The van der Waals surface area contributed by atoms with Crippen molar-refractivity contribution in [3.05, 3.63) is 50.3 Å². The van der Waals surface area contributed by atoms with Gasteiger partial charge >= 0.3 is 0 Å². The second kappa shape index (κ2) is 10.5. The van der Waals surface area contributed by atoms with E-state index in [9.17, 15) is 4.79 Å². The van der Waals surface area contributed by atoms with Gasteiger partial charge in [-0.05, 0) is 69.1 Å². The van der Waals surface area contributed by atoms with Gasteiger partial charge in [-0.15, -0.1) is 11.3 Å². The minimum atomic E-state index is -0.103. The highest BCUT2D eigenvalue weighted by Gasteiger charge is 2.24. The van der Waals surface area contributed by atoms with Gasteiger partial charge in [-0.25, -0.2) is 9.98 Å². The number of nitrogens with zero attached hydrogens (tertiary/aromatic N) is 3. The molecule has 2 aliphatic rings. The minimum Gasteiger partial charge on any atom is -0.379 e. The molecule has 2 aromatic rings. The van der Waals surface area contributed by atoms with Crippen LogP contribution in [0.15, 0.2) is 34.3 Å². The summed E-state index contributed by atoms with van der Waals surface area (Å²) in [6.45, 7) is 9.02.